The fourth-order valence-corrected chi connectivity index (χ4v) is 2.56. The summed E-state index contributed by atoms with van der Waals surface area (Å²) in [7, 11) is 0. The zero-order valence-electron chi connectivity index (χ0n) is 11.0. The monoisotopic (exact) mass is 336 g/mol. The highest BCUT2D eigenvalue weighted by molar-refractivity contribution is 7.99. The van der Waals surface area contributed by atoms with Crippen molar-refractivity contribution in [1.29, 1.82) is 0 Å². The summed E-state index contributed by atoms with van der Waals surface area (Å²) >= 11 is 13.4. The van der Waals surface area contributed by atoms with Crippen molar-refractivity contribution in [2.24, 2.45) is 0 Å². The van der Waals surface area contributed by atoms with E-state index in [1.165, 1.54) is 0 Å². The first-order valence-electron chi connectivity index (χ1n) is 5.88. The minimum absolute atomic E-state index is 0.0124. The SMILES string of the molecule is CCSCC(C)NC(=O)c1cc([N+](=O)[O-])cc(Cl)c1Cl. The van der Waals surface area contributed by atoms with E-state index in [0.717, 1.165) is 23.6 Å². The van der Waals surface area contributed by atoms with Crippen LogP contribution in [0.5, 0.6) is 0 Å². The Morgan fingerprint density at radius 3 is 2.70 bits per heavy atom. The fraction of sp³-hybridized carbons (Fsp3) is 0.417. The number of carbonyl (C=O) groups is 1. The van der Waals surface area contributed by atoms with E-state index in [2.05, 4.69) is 5.32 Å². The van der Waals surface area contributed by atoms with Gasteiger partial charge in [-0.2, -0.15) is 11.8 Å². The molecule has 0 radical (unpaired) electrons. The highest BCUT2D eigenvalue weighted by atomic mass is 35.5. The van der Waals surface area contributed by atoms with E-state index in [1.807, 2.05) is 13.8 Å². The van der Waals surface area contributed by atoms with Gasteiger partial charge in [-0.05, 0) is 12.7 Å². The second-order valence-electron chi connectivity index (χ2n) is 4.08. The molecule has 1 aromatic rings. The van der Waals surface area contributed by atoms with E-state index in [0.29, 0.717) is 0 Å². The molecule has 1 aromatic carbocycles. The molecule has 0 saturated carbocycles. The molecule has 1 amide bonds. The predicted molar refractivity (Wildman–Crippen MR) is 83.0 cm³/mol. The molecule has 0 aliphatic carbocycles. The molecule has 0 fully saturated rings. The molecule has 0 heterocycles. The number of amides is 1. The first kappa shape index (κ1) is 17.1. The molecule has 20 heavy (non-hydrogen) atoms. The van der Waals surface area contributed by atoms with Crippen molar-refractivity contribution in [3.05, 3.63) is 37.9 Å². The van der Waals surface area contributed by atoms with Gasteiger partial charge in [0.05, 0.1) is 20.5 Å². The van der Waals surface area contributed by atoms with Gasteiger partial charge in [-0.1, -0.05) is 30.1 Å². The number of hydrogen-bond acceptors (Lipinski definition) is 4. The molecule has 0 bridgehead atoms. The zero-order chi connectivity index (χ0) is 15.3. The van der Waals surface area contributed by atoms with Crippen LogP contribution in [0.2, 0.25) is 10.0 Å². The first-order chi connectivity index (χ1) is 9.36. The molecular weight excluding hydrogens is 323 g/mol. The highest BCUT2D eigenvalue weighted by Crippen LogP contribution is 2.30. The summed E-state index contributed by atoms with van der Waals surface area (Å²) in [5.74, 6) is 1.23. The Morgan fingerprint density at radius 1 is 1.50 bits per heavy atom. The lowest BCUT2D eigenvalue weighted by molar-refractivity contribution is -0.384. The van der Waals surface area contributed by atoms with Gasteiger partial charge in [-0.15, -0.1) is 0 Å². The molecule has 1 rings (SSSR count). The molecule has 0 aliphatic rings. The number of nitro groups is 1. The maximum Gasteiger partial charge on any atom is 0.271 e. The van der Waals surface area contributed by atoms with Crippen LogP contribution in [-0.2, 0) is 0 Å². The molecule has 8 heteroatoms. The summed E-state index contributed by atoms with van der Waals surface area (Å²) in [6, 6.07) is 2.18. The molecule has 0 spiro atoms. The average molecular weight is 337 g/mol. The third kappa shape index (κ3) is 4.54. The Kier molecular flexibility index (Phi) is 6.58. The minimum Gasteiger partial charge on any atom is -0.349 e. The number of rotatable bonds is 6. The second-order valence-corrected chi connectivity index (χ2v) is 6.18. The van der Waals surface area contributed by atoms with Crippen LogP contribution >= 0.6 is 35.0 Å². The Hall–Kier alpha value is -0.980. The number of non-ortho nitro benzene ring substituents is 1. The van der Waals surface area contributed by atoms with E-state index in [1.54, 1.807) is 11.8 Å². The maximum absolute atomic E-state index is 12.1. The average Bonchev–Trinajstić information content (AvgIpc) is 2.38. The lowest BCUT2D eigenvalue weighted by atomic mass is 10.1. The van der Waals surface area contributed by atoms with Crippen LogP contribution in [0.25, 0.3) is 0 Å². The Bertz CT molecular complexity index is 526. The molecule has 0 saturated heterocycles. The summed E-state index contributed by atoms with van der Waals surface area (Å²) in [5.41, 5.74) is -0.251. The van der Waals surface area contributed by atoms with Crippen LogP contribution < -0.4 is 5.32 Å². The van der Waals surface area contributed by atoms with Crippen LogP contribution in [-0.4, -0.2) is 28.4 Å². The van der Waals surface area contributed by atoms with Crippen LogP contribution in [0.4, 0.5) is 5.69 Å². The van der Waals surface area contributed by atoms with Gasteiger partial charge in [-0.25, -0.2) is 0 Å². The molecule has 1 unspecified atom stereocenters. The number of nitro benzene ring substituents is 1. The van der Waals surface area contributed by atoms with Gasteiger partial charge in [0.2, 0.25) is 0 Å². The Balaban J connectivity index is 2.94. The van der Waals surface area contributed by atoms with Gasteiger partial charge in [0, 0.05) is 23.9 Å². The number of benzene rings is 1. The van der Waals surface area contributed by atoms with Gasteiger partial charge in [0.25, 0.3) is 11.6 Å². The molecule has 0 aliphatic heterocycles. The molecular formula is C12H14Cl2N2O3S. The zero-order valence-corrected chi connectivity index (χ0v) is 13.3. The maximum atomic E-state index is 12.1. The fourth-order valence-electron chi connectivity index (χ4n) is 1.48. The first-order valence-corrected chi connectivity index (χ1v) is 7.79. The number of nitrogens with one attached hydrogen (secondary N) is 1. The van der Waals surface area contributed by atoms with Crippen molar-refractivity contribution in [3.63, 3.8) is 0 Å². The standard InChI is InChI=1S/C12H14Cl2N2O3S/c1-3-20-6-7(2)15-12(17)9-4-8(16(18)19)5-10(13)11(9)14/h4-5,7H,3,6H2,1-2H3,(H,15,17). The van der Waals surface area contributed by atoms with E-state index in [-0.39, 0.29) is 27.3 Å². The topological polar surface area (TPSA) is 72.2 Å². The number of nitrogens with zero attached hydrogens (tertiary/aromatic N) is 1. The van der Waals surface area contributed by atoms with Crippen molar-refractivity contribution in [2.45, 2.75) is 19.9 Å². The number of hydrogen-bond donors (Lipinski definition) is 1. The molecule has 0 aromatic heterocycles. The summed E-state index contributed by atoms with van der Waals surface area (Å²) in [6.45, 7) is 3.88. The van der Waals surface area contributed by atoms with E-state index in [4.69, 9.17) is 23.2 Å². The normalized spacial score (nSPS) is 12.0. The van der Waals surface area contributed by atoms with E-state index >= 15 is 0 Å². The van der Waals surface area contributed by atoms with Gasteiger partial charge in [-0.3, -0.25) is 14.9 Å². The Morgan fingerprint density at radius 2 is 2.15 bits per heavy atom. The summed E-state index contributed by atoms with van der Waals surface area (Å²) in [4.78, 5) is 22.2. The van der Waals surface area contributed by atoms with Crippen LogP contribution in [0.1, 0.15) is 24.2 Å². The smallest absolute Gasteiger partial charge is 0.271 e. The van der Waals surface area contributed by atoms with Crippen molar-refractivity contribution >= 4 is 46.6 Å². The van der Waals surface area contributed by atoms with Crippen LogP contribution in [0, 0.1) is 10.1 Å². The summed E-state index contributed by atoms with van der Waals surface area (Å²) < 4.78 is 0. The lowest BCUT2D eigenvalue weighted by Gasteiger charge is -2.14. The van der Waals surface area contributed by atoms with Crippen molar-refractivity contribution in [3.8, 4) is 0 Å². The van der Waals surface area contributed by atoms with Gasteiger partial charge in [0.15, 0.2) is 0 Å². The van der Waals surface area contributed by atoms with Gasteiger partial charge in [0.1, 0.15) is 0 Å². The van der Waals surface area contributed by atoms with Crippen molar-refractivity contribution < 1.29 is 9.72 Å². The Labute approximate surface area is 131 Å². The molecule has 110 valence electrons. The molecule has 5 nitrogen and oxygen atoms in total. The lowest BCUT2D eigenvalue weighted by Crippen LogP contribution is -2.34. The van der Waals surface area contributed by atoms with Crippen molar-refractivity contribution in [1.82, 2.24) is 5.32 Å². The highest BCUT2D eigenvalue weighted by Gasteiger charge is 2.20. The van der Waals surface area contributed by atoms with Gasteiger partial charge >= 0.3 is 0 Å². The summed E-state index contributed by atoms with van der Waals surface area (Å²) in [6.07, 6.45) is 0. The third-order valence-corrected chi connectivity index (χ3v) is 4.36. The van der Waals surface area contributed by atoms with Crippen LogP contribution in [0.3, 0.4) is 0 Å². The third-order valence-electron chi connectivity index (χ3n) is 2.42. The minimum atomic E-state index is -0.616. The molecule has 1 N–H and O–H groups in total. The summed E-state index contributed by atoms with van der Waals surface area (Å²) in [5, 5.41) is 13.5. The van der Waals surface area contributed by atoms with Crippen molar-refractivity contribution in [2.75, 3.05) is 11.5 Å². The number of halogens is 2. The van der Waals surface area contributed by atoms with E-state index < -0.39 is 10.8 Å². The quantitative estimate of drug-likeness (QED) is 0.633. The molecule has 1 atom stereocenters. The number of carbonyl (C=O) groups excluding carboxylic acids is 1. The van der Waals surface area contributed by atoms with Crippen LogP contribution in [0.15, 0.2) is 12.1 Å². The van der Waals surface area contributed by atoms with Gasteiger partial charge < -0.3 is 5.32 Å². The largest absolute Gasteiger partial charge is 0.349 e. The predicted octanol–water partition coefficient (Wildman–Crippen LogP) is 3.77. The van der Waals surface area contributed by atoms with E-state index in [9.17, 15) is 14.9 Å². The second kappa shape index (κ2) is 7.71. The number of thioether (sulfide) groups is 1.